The maximum atomic E-state index is 11.9. The minimum Gasteiger partial charge on any atom is -0.312 e. The third-order valence-electron chi connectivity index (χ3n) is 1.86. The van der Waals surface area contributed by atoms with E-state index in [2.05, 4.69) is 20.7 Å². The molecule has 1 atom stereocenters. The first kappa shape index (κ1) is 11.0. The maximum Gasteiger partial charge on any atom is 0.389 e. The van der Waals surface area contributed by atoms with E-state index in [1.54, 1.807) is 7.05 Å². The van der Waals surface area contributed by atoms with E-state index in [0.29, 0.717) is 5.69 Å². The minimum absolute atomic E-state index is 0.0352. The van der Waals surface area contributed by atoms with Gasteiger partial charge in [-0.05, 0) is 13.5 Å². The lowest BCUT2D eigenvalue weighted by molar-refractivity contribution is -0.136. The number of hydrogen-bond acceptors (Lipinski definition) is 3. The van der Waals surface area contributed by atoms with Gasteiger partial charge in [0.05, 0.1) is 17.9 Å². The molecule has 1 heterocycles. The SMILES string of the molecule is CNC(CCC(F)(F)F)c1cn[nH]n1. The molecule has 0 saturated heterocycles. The first-order chi connectivity index (χ1) is 6.53. The number of hydrogen-bond donors (Lipinski definition) is 2. The summed E-state index contributed by atoms with van der Waals surface area (Å²) < 4.78 is 35.8. The average Bonchev–Trinajstić information content (AvgIpc) is 2.56. The lowest BCUT2D eigenvalue weighted by Crippen LogP contribution is -2.20. The third-order valence-corrected chi connectivity index (χ3v) is 1.86. The predicted octanol–water partition coefficient (Wildman–Crippen LogP) is 1.41. The Morgan fingerprint density at radius 2 is 2.29 bits per heavy atom. The van der Waals surface area contributed by atoms with Gasteiger partial charge in [-0.15, -0.1) is 0 Å². The van der Waals surface area contributed by atoms with Crippen LogP contribution in [-0.4, -0.2) is 28.6 Å². The van der Waals surface area contributed by atoms with Gasteiger partial charge in [0.1, 0.15) is 0 Å². The Kier molecular flexibility index (Phi) is 3.45. The van der Waals surface area contributed by atoms with E-state index in [1.807, 2.05) is 0 Å². The predicted molar refractivity (Wildman–Crippen MR) is 43.5 cm³/mol. The molecule has 0 saturated carbocycles. The lowest BCUT2D eigenvalue weighted by Gasteiger charge is -2.14. The fourth-order valence-corrected chi connectivity index (χ4v) is 1.13. The molecule has 0 radical (unpaired) electrons. The molecule has 0 aliphatic carbocycles. The highest BCUT2D eigenvalue weighted by molar-refractivity contribution is 4.99. The molecule has 0 aromatic carbocycles. The third kappa shape index (κ3) is 3.33. The van der Waals surface area contributed by atoms with E-state index >= 15 is 0 Å². The number of H-pyrrole nitrogens is 1. The Morgan fingerprint density at radius 1 is 1.57 bits per heavy atom. The van der Waals surface area contributed by atoms with Crippen molar-refractivity contribution in [3.05, 3.63) is 11.9 Å². The van der Waals surface area contributed by atoms with E-state index < -0.39 is 18.6 Å². The number of halogens is 3. The summed E-state index contributed by atoms with van der Waals surface area (Å²) >= 11 is 0. The van der Waals surface area contributed by atoms with Crippen LogP contribution in [0.1, 0.15) is 24.6 Å². The Labute approximate surface area is 78.9 Å². The summed E-state index contributed by atoms with van der Waals surface area (Å²) in [5.41, 5.74) is 0.497. The highest BCUT2D eigenvalue weighted by Gasteiger charge is 2.28. The zero-order valence-electron chi connectivity index (χ0n) is 7.60. The monoisotopic (exact) mass is 208 g/mol. The quantitative estimate of drug-likeness (QED) is 0.786. The van der Waals surface area contributed by atoms with Crippen molar-refractivity contribution in [2.24, 2.45) is 0 Å². The number of aromatic amines is 1. The van der Waals surface area contributed by atoms with E-state index in [0.717, 1.165) is 0 Å². The van der Waals surface area contributed by atoms with Crippen molar-refractivity contribution in [1.29, 1.82) is 0 Å². The number of rotatable bonds is 4. The molecule has 4 nitrogen and oxygen atoms in total. The second-order valence-corrected chi connectivity index (χ2v) is 2.89. The maximum absolute atomic E-state index is 11.9. The summed E-state index contributed by atoms with van der Waals surface area (Å²) in [5.74, 6) is 0. The Bertz CT molecular complexity index is 256. The van der Waals surface area contributed by atoms with E-state index in [4.69, 9.17) is 0 Å². The molecule has 0 amide bonds. The molecule has 2 N–H and O–H groups in total. The number of aromatic nitrogens is 3. The molecule has 14 heavy (non-hydrogen) atoms. The van der Waals surface area contributed by atoms with Gasteiger partial charge in [-0.2, -0.15) is 28.6 Å². The van der Waals surface area contributed by atoms with Crippen LogP contribution in [0.4, 0.5) is 13.2 Å². The van der Waals surface area contributed by atoms with E-state index in [-0.39, 0.29) is 6.42 Å². The molecule has 1 unspecified atom stereocenters. The van der Waals surface area contributed by atoms with E-state index in [1.165, 1.54) is 6.20 Å². The van der Waals surface area contributed by atoms with Crippen LogP contribution in [0.15, 0.2) is 6.20 Å². The summed E-state index contributed by atoms with van der Waals surface area (Å²) in [6.45, 7) is 0. The van der Waals surface area contributed by atoms with Crippen LogP contribution >= 0.6 is 0 Å². The van der Waals surface area contributed by atoms with Crippen molar-refractivity contribution in [2.75, 3.05) is 7.05 Å². The van der Waals surface area contributed by atoms with Crippen LogP contribution < -0.4 is 5.32 Å². The molecule has 80 valence electrons. The molecule has 0 bridgehead atoms. The van der Waals surface area contributed by atoms with Crippen LogP contribution in [0.25, 0.3) is 0 Å². The summed E-state index contributed by atoms with van der Waals surface area (Å²) in [4.78, 5) is 0. The van der Waals surface area contributed by atoms with Crippen molar-refractivity contribution in [3.8, 4) is 0 Å². The van der Waals surface area contributed by atoms with Crippen molar-refractivity contribution in [3.63, 3.8) is 0 Å². The molecule has 0 fully saturated rings. The largest absolute Gasteiger partial charge is 0.389 e. The molecule has 1 aromatic rings. The molecular formula is C7H11F3N4. The van der Waals surface area contributed by atoms with Crippen LogP contribution in [-0.2, 0) is 0 Å². The number of alkyl halides is 3. The van der Waals surface area contributed by atoms with E-state index in [9.17, 15) is 13.2 Å². The second-order valence-electron chi connectivity index (χ2n) is 2.89. The summed E-state index contributed by atoms with van der Waals surface area (Å²) in [6, 6.07) is -0.407. The first-order valence-corrected chi connectivity index (χ1v) is 4.12. The van der Waals surface area contributed by atoms with Gasteiger partial charge in [-0.25, -0.2) is 0 Å². The van der Waals surface area contributed by atoms with Gasteiger partial charge in [-0.3, -0.25) is 0 Å². The average molecular weight is 208 g/mol. The lowest BCUT2D eigenvalue weighted by atomic mass is 10.1. The normalized spacial score (nSPS) is 14.3. The number of nitrogens with one attached hydrogen (secondary N) is 2. The van der Waals surface area contributed by atoms with Gasteiger partial charge >= 0.3 is 6.18 Å². The van der Waals surface area contributed by atoms with Crippen LogP contribution in [0, 0.1) is 0 Å². The fourth-order valence-electron chi connectivity index (χ4n) is 1.13. The van der Waals surface area contributed by atoms with Crippen molar-refractivity contribution < 1.29 is 13.2 Å². The second kappa shape index (κ2) is 4.41. The van der Waals surface area contributed by atoms with Crippen LogP contribution in [0.3, 0.4) is 0 Å². The molecular weight excluding hydrogens is 197 g/mol. The highest BCUT2D eigenvalue weighted by Crippen LogP contribution is 2.26. The minimum atomic E-state index is -4.13. The Balaban J connectivity index is 2.49. The molecule has 0 spiro atoms. The molecule has 1 aromatic heterocycles. The van der Waals surface area contributed by atoms with Crippen LogP contribution in [0.5, 0.6) is 0 Å². The zero-order valence-corrected chi connectivity index (χ0v) is 7.60. The molecule has 7 heteroatoms. The highest BCUT2D eigenvalue weighted by atomic mass is 19.4. The van der Waals surface area contributed by atoms with Crippen LogP contribution in [0.2, 0.25) is 0 Å². The summed E-state index contributed by atoms with van der Waals surface area (Å²) in [5, 5.41) is 12.4. The molecule has 1 rings (SSSR count). The van der Waals surface area contributed by atoms with Gasteiger partial charge in [0.15, 0.2) is 0 Å². The summed E-state index contributed by atoms with van der Waals surface area (Å²) in [7, 11) is 1.59. The summed E-state index contributed by atoms with van der Waals surface area (Å²) in [6.07, 6.45) is -3.58. The zero-order chi connectivity index (χ0) is 10.6. The standard InChI is InChI=1S/C7H11F3N4/c1-11-5(2-3-7(8,9)10)6-4-12-14-13-6/h4-5,11H,2-3H2,1H3,(H,12,13,14). The van der Waals surface area contributed by atoms with Gasteiger partial charge < -0.3 is 5.32 Å². The van der Waals surface area contributed by atoms with Crippen molar-refractivity contribution >= 4 is 0 Å². The smallest absolute Gasteiger partial charge is 0.312 e. The van der Waals surface area contributed by atoms with Gasteiger partial charge in [-0.1, -0.05) is 0 Å². The molecule has 0 aliphatic heterocycles. The Hall–Kier alpha value is -1.11. The van der Waals surface area contributed by atoms with Gasteiger partial charge in [0.2, 0.25) is 0 Å². The van der Waals surface area contributed by atoms with Gasteiger partial charge in [0, 0.05) is 6.42 Å². The van der Waals surface area contributed by atoms with Crippen molar-refractivity contribution in [2.45, 2.75) is 25.1 Å². The van der Waals surface area contributed by atoms with Gasteiger partial charge in [0.25, 0.3) is 0 Å². The topological polar surface area (TPSA) is 53.6 Å². The first-order valence-electron chi connectivity index (χ1n) is 4.12. The van der Waals surface area contributed by atoms with Crippen molar-refractivity contribution in [1.82, 2.24) is 20.7 Å². The fraction of sp³-hybridized carbons (Fsp3) is 0.714. The Morgan fingerprint density at radius 3 is 2.71 bits per heavy atom. The number of nitrogens with zero attached hydrogens (tertiary/aromatic N) is 2. The molecule has 0 aliphatic rings.